The first-order chi connectivity index (χ1) is 16.1. The Balaban J connectivity index is 1.76. The standard InChI is InChI=1S/C24H27F3N6O/c1-32(2)19-9-6-10-24(26,27)20(19)33(3)23-17(25)12-16(21(28)34)22(31-23)30-15-11-14-7-4-5-8-18(14)29-13-15/h4-5,7-8,11-13,19-20H,6,9-10H2,1-3H3,(H2,28,34)(H,30,31). The van der Waals surface area contributed by atoms with Gasteiger partial charge in [-0.15, -0.1) is 0 Å². The van der Waals surface area contributed by atoms with Gasteiger partial charge in [0.15, 0.2) is 11.6 Å². The van der Waals surface area contributed by atoms with Crippen molar-refractivity contribution in [2.45, 2.75) is 37.3 Å². The van der Waals surface area contributed by atoms with Crippen LogP contribution in [0.25, 0.3) is 10.9 Å². The zero-order chi connectivity index (χ0) is 24.6. The van der Waals surface area contributed by atoms with Crippen molar-refractivity contribution >= 4 is 34.1 Å². The van der Waals surface area contributed by atoms with Crippen LogP contribution < -0.4 is 16.0 Å². The summed E-state index contributed by atoms with van der Waals surface area (Å²) in [4.78, 5) is 23.5. The van der Waals surface area contributed by atoms with Crippen LogP contribution in [0.15, 0.2) is 42.6 Å². The second-order valence-corrected chi connectivity index (χ2v) is 8.84. The fourth-order valence-corrected chi connectivity index (χ4v) is 4.63. The summed E-state index contributed by atoms with van der Waals surface area (Å²) in [7, 11) is 4.86. The normalized spacial score (nSPS) is 19.9. The van der Waals surface area contributed by atoms with Gasteiger partial charge in [-0.05, 0) is 45.1 Å². The molecule has 2 heterocycles. The van der Waals surface area contributed by atoms with E-state index in [0.29, 0.717) is 18.5 Å². The molecule has 7 nitrogen and oxygen atoms in total. The van der Waals surface area contributed by atoms with E-state index in [4.69, 9.17) is 5.73 Å². The maximum absolute atomic E-state index is 15.1. The van der Waals surface area contributed by atoms with Crippen LogP contribution in [0.2, 0.25) is 0 Å². The number of para-hydroxylation sites is 1. The molecule has 0 bridgehead atoms. The van der Waals surface area contributed by atoms with Crippen LogP contribution in [0.3, 0.4) is 0 Å². The van der Waals surface area contributed by atoms with Gasteiger partial charge in [0.05, 0.1) is 23.0 Å². The van der Waals surface area contributed by atoms with Crippen molar-refractivity contribution in [3.05, 3.63) is 54.0 Å². The van der Waals surface area contributed by atoms with Crippen LogP contribution in [-0.2, 0) is 0 Å². The van der Waals surface area contributed by atoms with Crippen molar-refractivity contribution < 1.29 is 18.0 Å². The molecule has 34 heavy (non-hydrogen) atoms. The number of alkyl halides is 2. The number of carbonyl (C=O) groups excluding carboxylic acids is 1. The number of rotatable bonds is 6. The number of amides is 1. The summed E-state index contributed by atoms with van der Waals surface area (Å²) >= 11 is 0. The number of pyridine rings is 2. The summed E-state index contributed by atoms with van der Waals surface area (Å²) in [6.07, 6.45) is 2.17. The number of likely N-dealkylation sites (N-methyl/N-ethyl adjacent to an activating group) is 2. The molecule has 3 N–H and O–H groups in total. The Morgan fingerprint density at radius 1 is 1.21 bits per heavy atom. The Hall–Kier alpha value is -3.40. The van der Waals surface area contributed by atoms with Crippen LogP contribution in [-0.4, -0.2) is 59.9 Å². The number of nitrogens with one attached hydrogen (secondary N) is 1. The molecular formula is C24H27F3N6O. The number of carbonyl (C=O) groups is 1. The first-order valence-corrected chi connectivity index (χ1v) is 11.0. The van der Waals surface area contributed by atoms with Gasteiger partial charge >= 0.3 is 0 Å². The minimum absolute atomic E-state index is 0.0339. The summed E-state index contributed by atoms with van der Waals surface area (Å²) in [6.45, 7) is 0. The third-order valence-electron chi connectivity index (χ3n) is 6.30. The average molecular weight is 473 g/mol. The van der Waals surface area contributed by atoms with Gasteiger partial charge in [-0.1, -0.05) is 18.2 Å². The number of nitrogens with two attached hydrogens (primary N) is 1. The molecule has 2 atom stereocenters. The number of hydrogen-bond donors (Lipinski definition) is 2. The SMILES string of the molecule is CN(C)C1CCCC(F)(F)C1N(C)c1nc(Nc2cnc3ccccc3c2)c(C(N)=O)cc1F. The molecule has 180 valence electrons. The lowest BCUT2D eigenvalue weighted by Gasteiger charge is -2.46. The topological polar surface area (TPSA) is 87.4 Å². The number of anilines is 3. The smallest absolute Gasteiger partial charge is 0.269 e. The molecule has 1 amide bonds. The molecule has 10 heteroatoms. The van der Waals surface area contributed by atoms with E-state index >= 15 is 13.2 Å². The number of aromatic nitrogens is 2. The van der Waals surface area contributed by atoms with Crippen LogP contribution in [0.4, 0.5) is 30.5 Å². The van der Waals surface area contributed by atoms with Gasteiger partial charge in [-0.3, -0.25) is 9.78 Å². The Kier molecular flexibility index (Phi) is 6.35. The van der Waals surface area contributed by atoms with E-state index in [9.17, 15) is 4.79 Å². The predicted molar refractivity (Wildman–Crippen MR) is 126 cm³/mol. The van der Waals surface area contributed by atoms with E-state index in [-0.39, 0.29) is 23.6 Å². The molecule has 1 aromatic carbocycles. The largest absolute Gasteiger partial charge is 0.365 e. The molecular weight excluding hydrogens is 445 g/mol. The molecule has 0 aliphatic heterocycles. The maximum Gasteiger partial charge on any atom is 0.269 e. The van der Waals surface area contributed by atoms with E-state index in [1.807, 2.05) is 24.3 Å². The van der Waals surface area contributed by atoms with Gasteiger partial charge in [-0.2, -0.15) is 0 Å². The third kappa shape index (κ3) is 4.50. The Labute approximate surface area is 195 Å². The summed E-state index contributed by atoms with van der Waals surface area (Å²) < 4.78 is 45.2. The highest BCUT2D eigenvalue weighted by Crippen LogP contribution is 2.40. The lowest BCUT2D eigenvalue weighted by molar-refractivity contribution is -0.0778. The zero-order valence-electron chi connectivity index (χ0n) is 19.2. The molecule has 1 aliphatic rings. The van der Waals surface area contributed by atoms with Crippen LogP contribution >= 0.6 is 0 Å². The van der Waals surface area contributed by atoms with E-state index in [1.54, 1.807) is 31.3 Å². The zero-order valence-corrected chi connectivity index (χ0v) is 19.2. The van der Waals surface area contributed by atoms with E-state index in [0.717, 1.165) is 17.0 Å². The molecule has 3 aromatic rings. The molecule has 2 unspecified atom stereocenters. The maximum atomic E-state index is 15.1. The third-order valence-corrected chi connectivity index (χ3v) is 6.30. The second-order valence-electron chi connectivity index (χ2n) is 8.84. The van der Waals surface area contributed by atoms with Crippen LogP contribution in [0, 0.1) is 5.82 Å². The Morgan fingerprint density at radius 2 is 1.94 bits per heavy atom. The minimum atomic E-state index is -3.05. The first kappa shape index (κ1) is 23.7. The number of primary amides is 1. The van der Waals surface area contributed by atoms with E-state index < -0.39 is 29.7 Å². The monoisotopic (exact) mass is 472 g/mol. The first-order valence-electron chi connectivity index (χ1n) is 11.0. The number of nitrogens with zero attached hydrogens (tertiary/aromatic N) is 4. The van der Waals surface area contributed by atoms with Crippen molar-refractivity contribution in [1.82, 2.24) is 14.9 Å². The predicted octanol–water partition coefficient (Wildman–Crippen LogP) is 4.17. The van der Waals surface area contributed by atoms with E-state index in [2.05, 4.69) is 15.3 Å². The summed E-state index contributed by atoms with van der Waals surface area (Å²) in [5, 5.41) is 3.80. The van der Waals surface area contributed by atoms with Gasteiger partial charge in [-0.25, -0.2) is 18.2 Å². The van der Waals surface area contributed by atoms with Crippen molar-refractivity contribution in [3.63, 3.8) is 0 Å². The number of hydrogen-bond acceptors (Lipinski definition) is 6. The van der Waals surface area contributed by atoms with E-state index in [1.165, 1.54) is 11.9 Å². The molecule has 2 aromatic heterocycles. The molecule has 1 aliphatic carbocycles. The number of benzene rings is 1. The highest BCUT2D eigenvalue weighted by molar-refractivity contribution is 5.99. The van der Waals surface area contributed by atoms with Crippen molar-refractivity contribution in [1.29, 1.82) is 0 Å². The van der Waals surface area contributed by atoms with Gasteiger partial charge < -0.3 is 20.9 Å². The van der Waals surface area contributed by atoms with Gasteiger partial charge in [0.2, 0.25) is 0 Å². The van der Waals surface area contributed by atoms with Gasteiger partial charge in [0.1, 0.15) is 11.9 Å². The van der Waals surface area contributed by atoms with Crippen LogP contribution in [0.1, 0.15) is 29.6 Å². The number of fused-ring (bicyclic) bond motifs is 1. The average Bonchev–Trinajstić information content (AvgIpc) is 2.78. The highest BCUT2D eigenvalue weighted by atomic mass is 19.3. The summed E-state index contributed by atoms with van der Waals surface area (Å²) in [5.41, 5.74) is 6.53. The molecule has 0 spiro atoms. The number of halogens is 3. The van der Waals surface area contributed by atoms with Crippen molar-refractivity contribution in [3.8, 4) is 0 Å². The van der Waals surface area contributed by atoms with Crippen molar-refractivity contribution in [2.75, 3.05) is 31.4 Å². The summed E-state index contributed by atoms with van der Waals surface area (Å²) in [5.74, 6) is -5.18. The Morgan fingerprint density at radius 3 is 2.65 bits per heavy atom. The lowest BCUT2D eigenvalue weighted by atomic mass is 9.85. The fourth-order valence-electron chi connectivity index (χ4n) is 4.63. The van der Waals surface area contributed by atoms with Crippen molar-refractivity contribution in [2.24, 2.45) is 5.73 Å². The molecule has 1 saturated carbocycles. The minimum Gasteiger partial charge on any atom is -0.365 e. The van der Waals surface area contributed by atoms with Crippen LogP contribution in [0.5, 0.6) is 0 Å². The highest BCUT2D eigenvalue weighted by Gasteiger charge is 2.50. The molecule has 4 rings (SSSR count). The molecule has 1 fully saturated rings. The van der Waals surface area contributed by atoms with Gasteiger partial charge in [0, 0.05) is 24.9 Å². The molecule has 0 saturated heterocycles. The van der Waals surface area contributed by atoms with Gasteiger partial charge in [0.25, 0.3) is 11.8 Å². The fraction of sp³-hybridized carbons (Fsp3) is 0.375. The lowest BCUT2D eigenvalue weighted by Crippen LogP contribution is -2.60. The Bertz CT molecular complexity index is 1220. The quantitative estimate of drug-likeness (QED) is 0.560. The molecule has 0 radical (unpaired) electrons. The summed E-state index contributed by atoms with van der Waals surface area (Å²) in [6, 6.07) is 8.36. The second kappa shape index (κ2) is 9.09.